The molecule has 1 aromatic heterocycles. The maximum Gasteiger partial charge on any atom is 0.330 e. The van der Waals surface area contributed by atoms with Gasteiger partial charge in [-0.2, -0.15) is 0 Å². The summed E-state index contributed by atoms with van der Waals surface area (Å²) in [4.78, 5) is 65.7. The monoisotopic (exact) mass is 635 g/mol. The summed E-state index contributed by atoms with van der Waals surface area (Å²) in [6.07, 6.45) is 6.52. The molecule has 0 spiro atoms. The third kappa shape index (κ3) is 9.61. The van der Waals surface area contributed by atoms with Gasteiger partial charge in [0.1, 0.15) is 30.6 Å². The highest BCUT2D eigenvalue weighted by Crippen LogP contribution is 2.24. The van der Waals surface area contributed by atoms with Crippen LogP contribution in [0.5, 0.6) is 0 Å². The van der Waals surface area contributed by atoms with Crippen LogP contribution >= 0.6 is 0 Å². The number of amides is 4. The van der Waals surface area contributed by atoms with Crippen LogP contribution in [0.4, 0.5) is 0 Å². The molecule has 4 N–H and O–H groups in total. The molecule has 246 valence electrons. The zero-order chi connectivity index (χ0) is 33.1. The van der Waals surface area contributed by atoms with Gasteiger partial charge in [0.15, 0.2) is 5.69 Å². The maximum atomic E-state index is 14.2. The van der Waals surface area contributed by atoms with E-state index in [0.29, 0.717) is 30.7 Å². The number of benzene rings is 1. The first-order chi connectivity index (χ1) is 22.1. The van der Waals surface area contributed by atoms with Crippen molar-refractivity contribution in [3.8, 4) is 0 Å². The smallest absolute Gasteiger partial charge is 0.330 e. The summed E-state index contributed by atoms with van der Waals surface area (Å²) in [5.41, 5.74) is 0.658. The van der Waals surface area contributed by atoms with Gasteiger partial charge in [-0.05, 0) is 37.7 Å². The number of cyclic esters (lactones) is 1. The van der Waals surface area contributed by atoms with Crippen molar-refractivity contribution in [2.45, 2.75) is 64.3 Å². The Hall–Kier alpha value is -4.78. The van der Waals surface area contributed by atoms with Crippen molar-refractivity contribution in [1.29, 1.82) is 0 Å². The minimum atomic E-state index is -1.27. The lowest BCUT2D eigenvalue weighted by molar-refractivity contribution is -0.136. The molecule has 1 fully saturated rings. The Morgan fingerprint density at radius 3 is 2.54 bits per heavy atom. The molecule has 0 bridgehead atoms. The van der Waals surface area contributed by atoms with E-state index in [1.54, 1.807) is 57.2 Å². The quantitative estimate of drug-likeness (QED) is 0.250. The van der Waals surface area contributed by atoms with Crippen molar-refractivity contribution in [2.75, 3.05) is 19.8 Å². The fourth-order valence-corrected chi connectivity index (χ4v) is 5.23. The van der Waals surface area contributed by atoms with Crippen LogP contribution in [0.25, 0.3) is 0 Å². The van der Waals surface area contributed by atoms with Crippen molar-refractivity contribution >= 4 is 29.6 Å². The number of hydrogen-bond acceptors (Lipinski definition) is 9. The van der Waals surface area contributed by atoms with E-state index < -0.39 is 47.9 Å². The number of rotatable bonds is 8. The summed E-state index contributed by atoms with van der Waals surface area (Å²) in [6.45, 7) is 5.93. The highest BCUT2D eigenvalue weighted by atomic mass is 16.5. The normalized spacial score (nSPS) is 23.4. The van der Waals surface area contributed by atoms with Gasteiger partial charge in [0, 0.05) is 30.6 Å². The van der Waals surface area contributed by atoms with Gasteiger partial charge >= 0.3 is 5.97 Å². The maximum absolute atomic E-state index is 14.2. The molecule has 5 unspecified atom stereocenters. The fraction of sp³-hybridized carbons (Fsp3) is 0.455. The van der Waals surface area contributed by atoms with Gasteiger partial charge in [-0.1, -0.05) is 67.6 Å². The van der Waals surface area contributed by atoms with E-state index >= 15 is 0 Å². The summed E-state index contributed by atoms with van der Waals surface area (Å²) in [6, 6.07) is 7.42. The van der Waals surface area contributed by atoms with E-state index in [-0.39, 0.29) is 43.1 Å². The molecule has 3 heterocycles. The van der Waals surface area contributed by atoms with Crippen LogP contribution in [-0.4, -0.2) is 72.6 Å². The second kappa shape index (κ2) is 16.5. The topological polar surface area (TPSA) is 178 Å². The van der Waals surface area contributed by atoms with Crippen LogP contribution in [0.15, 0.2) is 65.2 Å². The number of nitrogens with zero attached hydrogens (tertiary/aromatic N) is 1. The Bertz CT molecular complexity index is 1440. The molecule has 13 nitrogen and oxygen atoms in total. The summed E-state index contributed by atoms with van der Waals surface area (Å²) >= 11 is 0. The second-order valence-corrected chi connectivity index (χ2v) is 11.6. The van der Waals surface area contributed by atoms with Crippen LogP contribution in [0.2, 0.25) is 0 Å². The number of ether oxygens (including phenoxy) is 2. The summed E-state index contributed by atoms with van der Waals surface area (Å²) in [5.74, 6) is -2.88. The van der Waals surface area contributed by atoms with Crippen molar-refractivity contribution in [3.63, 3.8) is 0 Å². The molecule has 2 aliphatic rings. The predicted octanol–water partition coefficient (Wildman–Crippen LogP) is 2.05. The van der Waals surface area contributed by atoms with Crippen molar-refractivity contribution in [2.24, 2.45) is 11.8 Å². The molecule has 5 atom stereocenters. The number of esters is 1. The van der Waals surface area contributed by atoms with E-state index in [4.69, 9.17) is 14.0 Å². The molecule has 0 saturated carbocycles. The molecule has 0 aliphatic carbocycles. The molecule has 1 aromatic carbocycles. The Morgan fingerprint density at radius 1 is 1.09 bits per heavy atom. The lowest BCUT2D eigenvalue weighted by atomic mass is 9.96. The predicted molar refractivity (Wildman–Crippen MR) is 166 cm³/mol. The summed E-state index contributed by atoms with van der Waals surface area (Å²) in [7, 11) is 0. The third-order valence-electron chi connectivity index (χ3n) is 7.67. The van der Waals surface area contributed by atoms with Gasteiger partial charge in [0.25, 0.3) is 5.91 Å². The second-order valence-electron chi connectivity index (χ2n) is 11.6. The zero-order valence-electron chi connectivity index (χ0n) is 26.2. The molecular weight excluding hydrogens is 594 g/mol. The number of carbonyl (C=O) groups is 5. The summed E-state index contributed by atoms with van der Waals surface area (Å²) in [5, 5.41) is 15.0. The first-order valence-corrected chi connectivity index (χ1v) is 15.4. The number of hydrogen-bond donors (Lipinski definition) is 4. The van der Waals surface area contributed by atoms with Crippen LogP contribution in [0.3, 0.4) is 0 Å². The minimum absolute atomic E-state index is 0.0188. The van der Waals surface area contributed by atoms with Crippen molar-refractivity contribution < 1.29 is 38.0 Å². The van der Waals surface area contributed by atoms with Crippen LogP contribution in [0, 0.1) is 18.8 Å². The summed E-state index contributed by atoms with van der Waals surface area (Å²) < 4.78 is 16.5. The minimum Gasteiger partial charge on any atom is -0.458 e. The van der Waals surface area contributed by atoms with Crippen molar-refractivity contribution in [1.82, 2.24) is 26.4 Å². The van der Waals surface area contributed by atoms with Gasteiger partial charge in [-0.3, -0.25) is 19.2 Å². The van der Waals surface area contributed by atoms with Crippen LogP contribution in [-0.2, 0) is 28.7 Å². The van der Waals surface area contributed by atoms with Gasteiger partial charge in [-0.25, -0.2) is 4.79 Å². The Labute approximate surface area is 267 Å². The zero-order valence-corrected chi connectivity index (χ0v) is 26.2. The van der Waals surface area contributed by atoms with Crippen molar-refractivity contribution in [3.05, 3.63) is 77.7 Å². The number of aromatic nitrogens is 1. The molecule has 2 aliphatic heterocycles. The number of nitrogens with one attached hydrogen (secondary N) is 4. The van der Waals surface area contributed by atoms with Gasteiger partial charge < -0.3 is 35.3 Å². The highest BCUT2D eigenvalue weighted by Gasteiger charge is 2.37. The van der Waals surface area contributed by atoms with E-state index in [2.05, 4.69) is 26.4 Å². The average Bonchev–Trinajstić information content (AvgIpc) is 3.66. The van der Waals surface area contributed by atoms with E-state index in [9.17, 15) is 24.0 Å². The molecule has 4 rings (SSSR count). The lowest BCUT2D eigenvalue weighted by Gasteiger charge is -2.31. The van der Waals surface area contributed by atoms with Crippen LogP contribution in [0.1, 0.15) is 61.0 Å². The Balaban J connectivity index is 1.67. The largest absolute Gasteiger partial charge is 0.458 e. The van der Waals surface area contributed by atoms with E-state index in [0.717, 1.165) is 0 Å². The van der Waals surface area contributed by atoms with Gasteiger partial charge in [0.2, 0.25) is 17.7 Å². The lowest BCUT2D eigenvalue weighted by Crippen LogP contribution is -2.58. The Kier molecular flexibility index (Phi) is 12.2. The first kappa shape index (κ1) is 34.1. The first-order valence-electron chi connectivity index (χ1n) is 15.4. The molecule has 46 heavy (non-hydrogen) atoms. The number of carbonyl (C=O) groups excluding carboxylic acids is 5. The molecule has 2 aromatic rings. The number of aryl methyl sites for hydroxylation is 1. The highest BCUT2D eigenvalue weighted by molar-refractivity contribution is 5.97. The fourth-order valence-electron chi connectivity index (χ4n) is 5.23. The van der Waals surface area contributed by atoms with Gasteiger partial charge in [0.05, 0.1) is 6.61 Å². The third-order valence-corrected chi connectivity index (χ3v) is 7.67. The standard InChI is InChI=1S/C33H41N5O8/c1-20(2)27(36-31(41)25-18-21(3)46-38-25)32(42)37-28-29(22-10-6-4-7-11-22)45-17-9-5-8-16-44-26(39)13-12-24(35-33(28)43)19-23-14-15-34-30(23)40/h4-8,10-13,18,20,23-24,27-29H,9,14-17,19H2,1-3H3,(H,34,40)(H,35,43)(H,36,41)(H,37,42). The average molecular weight is 636 g/mol. The Morgan fingerprint density at radius 2 is 1.87 bits per heavy atom. The molecular formula is C33H41N5O8. The van der Waals surface area contributed by atoms with Gasteiger partial charge in [-0.15, -0.1) is 0 Å². The molecule has 0 radical (unpaired) electrons. The SMILES string of the molecule is Cc1cc(C(=O)NC(C(=O)NC2C(=O)NC(CC3CCNC3=O)C=CC(=O)OCC=CCCOC2c2ccccc2)C(C)C)no1. The van der Waals surface area contributed by atoms with Crippen LogP contribution < -0.4 is 21.3 Å². The van der Waals surface area contributed by atoms with E-state index in [1.165, 1.54) is 18.2 Å². The van der Waals surface area contributed by atoms with E-state index in [1.807, 2.05) is 6.07 Å². The molecule has 4 amide bonds. The molecule has 13 heteroatoms. The molecule has 1 saturated heterocycles.